The molecule has 0 saturated carbocycles. The van der Waals surface area contributed by atoms with E-state index in [4.69, 9.17) is 4.74 Å². The van der Waals surface area contributed by atoms with Crippen LogP contribution in [-0.2, 0) is 5.41 Å². The Bertz CT molecular complexity index is 980. The third-order valence-electron chi connectivity index (χ3n) is 4.25. The van der Waals surface area contributed by atoms with Gasteiger partial charge >= 0.3 is 0 Å². The Morgan fingerprint density at radius 1 is 0.964 bits per heavy atom. The first-order chi connectivity index (χ1) is 13.4. The maximum Gasteiger partial charge on any atom is 0.274 e. The van der Waals surface area contributed by atoms with E-state index in [1.165, 1.54) is 6.33 Å². The van der Waals surface area contributed by atoms with Crippen molar-refractivity contribution in [1.29, 1.82) is 0 Å². The van der Waals surface area contributed by atoms with E-state index in [9.17, 15) is 4.79 Å². The van der Waals surface area contributed by atoms with E-state index in [1.54, 1.807) is 25.3 Å². The zero-order chi connectivity index (χ0) is 20.1. The number of carbonyl (C=O) groups excluding carboxylic acids is 1. The summed E-state index contributed by atoms with van der Waals surface area (Å²) >= 11 is 0. The average Bonchev–Trinajstić information content (AvgIpc) is 2.68. The van der Waals surface area contributed by atoms with Gasteiger partial charge in [-0.3, -0.25) is 4.79 Å². The van der Waals surface area contributed by atoms with Crippen molar-refractivity contribution in [3.63, 3.8) is 0 Å². The molecule has 6 nitrogen and oxygen atoms in total. The van der Waals surface area contributed by atoms with Gasteiger partial charge in [0.1, 0.15) is 23.6 Å². The lowest BCUT2D eigenvalue weighted by atomic mass is 9.86. The second-order valence-corrected chi connectivity index (χ2v) is 7.36. The second-order valence-electron chi connectivity index (χ2n) is 7.36. The third kappa shape index (κ3) is 4.46. The van der Waals surface area contributed by atoms with Crippen molar-refractivity contribution < 1.29 is 9.53 Å². The molecule has 3 aromatic rings. The topological polar surface area (TPSA) is 76.1 Å². The van der Waals surface area contributed by atoms with Crippen LogP contribution in [-0.4, -0.2) is 23.0 Å². The van der Waals surface area contributed by atoms with Crippen molar-refractivity contribution in [2.75, 3.05) is 17.7 Å². The summed E-state index contributed by atoms with van der Waals surface area (Å²) in [5, 5.41) is 6.13. The molecule has 0 fully saturated rings. The molecule has 0 saturated heterocycles. The average molecular weight is 376 g/mol. The number of nitrogens with zero attached hydrogens (tertiary/aromatic N) is 2. The van der Waals surface area contributed by atoms with Gasteiger partial charge in [0.05, 0.1) is 12.8 Å². The zero-order valence-electron chi connectivity index (χ0n) is 16.5. The molecule has 28 heavy (non-hydrogen) atoms. The van der Waals surface area contributed by atoms with Crippen LogP contribution in [0.25, 0.3) is 0 Å². The number of benzene rings is 2. The molecule has 0 radical (unpaired) electrons. The molecule has 1 heterocycles. The number of ether oxygens (including phenoxy) is 1. The summed E-state index contributed by atoms with van der Waals surface area (Å²) in [6.07, 6.45) is 1.37. The maximum absolute atomic E-state index is 12.6. The predicted molar refractivity (Wildman–Crippen MR) is 111 cm³/mol. The number of hydrogen-bond donors (Lipinski definition) is 2. The summed E-state index contributed by atoms with van der Waals surface area (Å²) in [7, 11) is 1.56. The highest BCUT2D eigenvalue weighted by Gasteiger charge is 2.18. The molecule has 0 atom stereocenters. The third-order valence-corrected chi connectivity index (χ3v) is 4.25. The van der Waals surface area contributed by atoms with E-state index in [1.807, 2.05) is 30.3 Å². The fourth-order valence-corrected chi connectivity index (χ4v) is 2.87. The van der Waals surface area contributed by atoms with Crippen LogP contribution in [0.4, 0.5) is 17.2 Å². The molecule has 0 aliphatic rings. The molecule has 0 unspecified atom stereocenters. The highest BCUT2D eigenvalue weighted by atomic mass is 16.5. The van der Waals surface area contributed by atoms with Gasteiger partial charge < -0.3 is 15.4 Å². The Labute approximate surface area is 165 Å². The van der Waals surface area contributed by atoms with Gasteiger partial charge in [-0.1, -0.05) is 51.1 Å². The molecule has 6 heteroatoms. The second kappa shape index (κ2) is 8.08. The monoisotopic (exact) mass is 376 g/mol. The van der Waals surface area contributed by atoms with E-state index in [-0.39, 0.29) is 17.0 Å². The van der Waals surface area contributed by atoms with Crippen molar-refractivity contribution in [2.45, 2.75) is 26.2 Å². The van der Waals surface area contributed by atoms with Crippen LogP contribution in [0.3, 0.4) is 0 Å². The summed E-state index contributed by atoms with van der Waals surface area (Å²) < 4.78 is 5.27. The van der Waals surface area contributed by atoms with Crippen LogP contribution in [0.1, 0.15) is 36.8 Å². The largest absolute Gasteiger partial charge is 0.495 e. The lowest BCUT2D eigenvalue weighted by Gasteiger charge is -2.23. The minimum absolute atomic E-state index is 0.0271. The molecular weight excluding hydrogens is 352 g/mol. The minimum Gasteiger partial charge on any atom is -0.495 e. The number of methoxy groups -OCH3 is 1. The van der Waals surface area contributed by atoms with E-state index in [2.05, 4.69) is 47.4 Å². The van der Waals surface area contributed by atoms with Crippen LogP contribution in [0, 0.1) is 0 Å². The van der Waals surface area contributed by atoms with Gasteiger partial charge in [0.15, 0.2) is 0 Å². The van der Waals surface area contributed by atoms with Crippen LogP contribution in [0.5, 0.6) is 5.75 Å². The van der Waals surface area contributed by atoms with Crippen LogP contribution in [0.15, 0.2) is 60.9 Å². The molecule has 0 aliphatic heterocycles. The molecule has 1 amide bonds. The maximum atomic E-state index is 12.6. The van der Waals surface area contributed by atoms with Gasteiger partial charge in [-0.25, -0.2) is 9.97 Å². The van der Waals surface area contributed by atoms with Gasteiger partial charge in [0, 0.05) is 11.8 Å². The lowest BCUT2D eigenvalue weighted by molar-refractivity contribution is 0.102. The quantitative estimate of drug-likeness (QED) is 0.670. The molecule has 1 aromatic heterocycles. The summed E-state index contributed by atoms with van der Waals surface area (Å²) in [6.45, 7) is 6.46. The summed E-state index contributed by atoms with van der Waals surface area (Å²) in [5.41, 5.74) is 2.93. The van der Waals surface area contributed by atoms with Gasteiger partial charge in [0.2, 0.25) is 0 Å². The number of para-hydroxylation sites is 3. The van der Waals surface area contributed by atoms with Gasteiger partial charge in [-0.05, 0) is 29.2 Å². The Kier molecular flexibility index (Phi) is 5.59. The predicted octanol–water partition coefficient (Wildman–Crippen LogP) is 4.78. The molecule has 144 valence electrons. The van der Waals surface area contributed by atoms with Crippen molar-refractivity contribution in [2.24, 2.45) is 0 Å². The van der Waals surface area contributed by atoms with E-state index < -0.39 is 0 Å². The van der Waals surface area contributed by atoms with Crippen molar-refractivity contribution in [3.8, 4) is 5.75 Å². The van der Waals surface area contributed by atoms with Gasteiger partial charge in [-0.15, -0.1) is 0 Å². The summed E-state index contributed by atoms with van der Waals surface area (Å²) in [6, 6.07) is 16.9. The number of aromatic nitrogens is 2. The smallest absolute Gasteiger partial charge is 0.274 e. The SMILES string of the molecule is COc1ccccc1NC(=O)c1cc(Nc2ccccc2C(C)(C)C)ncn1. The van der Waals surface area contributed by atoms with Crippen molar-refractivity contribution in [3.05, 3.63) is 72.2 Å². The highest BCUT2D eigenvalue weighted by Crippen LogP contribution is 2.31. The molecule has 3 rings (SSSR count). The first kappa shape index (κ1) is 19.4. The van der Waals surface area contributed by atoms with E-state index >= 15 is 0 Å². The number of amides is 1. The van der Waals surface area contributed by atoms with Gasteiger partial charge in [0.25, 0.3) is 5.91 Å². The fourth-order valence-electron chi connectivity index (χ4n) is 2.87. The fraction of sp³-hybridized carbons (Fsp3) is 0.227. The van der Waals surface area contributed by atoms with Crippen LogP contribution < -0.4 is 15.4 Å². The number of rotatable bonds is 5. The molecular formula is C22H24N4O2. The van der Waals surface area contributed by atoms with Crippen LogP contribution in [0.2, 0.25) is 0 Å². The Morgan fingerprint density at radius 3 is 2.36 bits per heavy atom. The zero-order valence-corrected chi connectivity index (χ0v) is 16.5. The van der Waals surface area contributed by atoms with E-state index in [0.29, 0.717) is 17.3 Å². The van der Waals surface area contributed by atoms with Crippen molar-refractivity contribution >= 4 is 23.1 Å². The van der Waals surface area contributed by atoms with Crippen LogP contribution >= 0.6 is 0 Å². The lowest BCUT2D eigenvalue weighted by Crippen LogP contribution is -2.16. The normalized spacial score (nSPS) is 11.0. The molecule has 2 N–H and O–H groups in total. The van der Waals surface area contributed by atoms with Gasteiger partial charge in [-0.2, -0.15) is 0 Å². The first-order valence-electron chi connectivity index (χ1n) is 9.01. The standard InChI is InChI=1S/C22H24N4O2/c1-22(2,3)15-9-5-6-10-16(15)25-20-13-18(23-14-24-20)21(27)26-17-11-7-8-12-19(17)28-4/h5-14H,1-4H3,(H,26,27)(H,23,24,25). The number of nitrogens with one attached hydrogen (secondary N) is 2. The van der Waals surface area contributed by atoms with E-state index in [0.717, 1.165) is 11.3 Å². The van der Waals surface area contributed by atoms with Crippen molar-refractivity contribution in [1.82, 2.24) is 9.97 Å². The summed E-state index contributed by atoms with van der Waals surface area (Å²) in [4.78, 5) is 21.0. The highest BCUT2D eigenvalue weighted by molar-refractivity contribution is 6.04. The molecule has 0 spiro atoms. The first-order valence-corrected chi connectivity index (χ1v) is 9.01. The minimum atomic E-state index is -0.334. The molecule has 2 aromatic carbocycles. The Morgan fingerprint density at radius 2 is 1.64 bits per heavy atom. The Hall–Kier alpha value is -3.41. The molecule has 0 bridgehead atoms. The summed E-state index contributed by atoms with van der Waals surface area (Å²) in [5.74, 6) is 0.804. The molecule has 0 aliphatic carbocycles. The Balaban J connectivity index is 1.83. The number of anilines is 3. The number of hydrogen-bond acceptors (Lipinski definition) is 5. The number of carbonyl (C=O) groups is 1.